The quantitative estimate of drug-likeness (QED) is 0.180. The van der Waals surface area contributed by atoms with Gasteiger partial charge in [0.25, 0.3) is 0 Å². The van der Waals surface area contributed by atoms with Crippen molar-refractivity contribution in [2.24, 2.45) is 0 Å². The Morgan fingerprint density at radius 1 is 1.04 bits per heavy atom. The Morgan fingerprint density at radius 3 is 2.48 bits per heavy atom. The Balaban J connectivity index is 1.88. The van der Waals surface area contributed by atoms with E-state index in [4.69, 9.17) is 9.47 Å². The van der Waals surface area contributed by atoms with Gasteiger partial charge in [-0.05, 0) is 65.4 Å². The average Bonchev–Trinajstić information content (AvgIpc) is 2.64. The summed E-state index contributed by atoms with van der Waals surface area (Å²) in [6, 6.07) is 13.7. The molecule has 0 amide bonds. The zero-order valence-electron chi connectivity index (χ0n) is 16.1. The van der Waals surface area contributed by atoms with E-state index in [1.54, 1.807) is 12.1 Å². The number of esters is 1. The number of benzene rings is 2. The number of carbonyl (C=O) groups excluding carboxylic acids is 1. The molecule has 0 saturated carbocycles. The number of rotatable bonds is 11. The minimum absolute atomic E-state index is 0.314. The normalized spacial score (nSPS) is 10.5. The summed E-state index contributed by atoms with van der Waals surface area (Å²) >= 11 is 2.31. The second-order valence-corrected chi connectivity index (χ2v) is 7.73. The van der Waals surface area contributed by atoms with E-state index < -0.39 is 0 Å². The lowest BCUT2D eigenvalue weighted by molar-refractivity contribution is -0.131. The second kappa shape index (κ2) is 11.8. The molecule has 2 aromatic rings. The van der Waals surface area contributed by atoms with E-state index in [1.807, 2.05) is 12.1 Å². The summed E-state index contributed by atoms with van der Waals surface area (Å²) in [6.07, 6.45) is 6.16. The first-order chi connectivity index (χ1) is 13.1. The van der Waals surface area contributed by atoms with Crippen molar-refractivity contribution < 1.29 is 14.3 Å². The number of hydrogen-bond donors (Lipinski definition) is 1. The number of halogens is 1. The van der Waals surface area contributed by atoms with E-state index in [9.17, 15) is 4.79 Å². The second-order valence-electron chi connectivity index (χ2n) is 6.49. The predicted molar refractivity (Wildman–Crippen MR) is 118 cm³/mol. The molecule has 4 nitrogen and oxygen atoms in total. The molecule has 5 heteroatoms. The molecular weight excluding hydrogens is 453 g/mol. The van der Waals surface area contributed by atoms with E-state index >= 15 is 0 Å². The van der Waals surface area contributed by atoms with Crippen molar-refractivity contribution in [1.82, 2.24) is 0 Å². The third kappa shape index (κ3) is 8.20. The SMILES string of the molecule is CCCCCCCOc1cc(I)ccc1CNc1ccc(OC(C)=O)cc1. The molecule has 0 radical (unpaired) electrons. The van der Waals surface area contributed by atoms with Crippen LogP contribution >= 0.6 is 22.6 Å². The first-order valence-corrected chi connectivity index (χ1v) is 10.6. The molecule has 2 rings (SSSR count). The van der Waals surface area contributed by atoms with Crippen molar-refractivity contribution in [3.8, 4) is 11.5 Å². The van der Waals surface area contributed by atoms with Gasteiger partial charge in [-0.15, -0.1) is 0 Å². The molecule has 0 aromatic heterocycles. The van der Waals surface area contributed by atoms with Crippen LogP contribution in [0.25, 0.3) is 0 Å². The largest absolute Gasteiger partial charge is 0.493 e. The molecule has 0 aliphatic heterocycles. The van der Waals surface area contributed by atoms with Gasteiger partial charge in [0.05, 0.1) is 6.61 Å². The summed E-state index contributed by atoms with van der Waals surface area (Å²) in [5, 5.41) is 3.40. The van der Waals surface area contributed by atoms with Gasteiger partial charge in [-0.25, -0.2) is 0 Å². The van der Waals surface area contributed by atoms with Crippen LogP contribution in [0.15, 0.2) is 42.5 Å². The first kappa shape index (κ1) is 21.5. The molecule has 1 N–H and O–H groups in total. The van der Waals surface area contributed by atoms with E-state index in [0.29, 0.717) is 12.3 Å². The standard InChI is InChI=1S/C22H28INO3/c1-3-4-5-6-7-14-26-22-15-19(23)9-8-18(22)16-24-20-10-12-21(13-11-20)27-17(2)25/h8-13,15,24H,3-7,14,16H2,1-2H3. The third-order valence-corrected chi connectivity index (χ3v) is 4.80. The molecule has 27 heavy (non-hydrogen) atoms. The summed E-state index contributed by atoms with van der Waals surface area (Å²) in [6.45, 7) is 5.06. The minimum atomic E-state index is -0.314. The van der Waals surface area contributed by atoms with Crippen molar-refractivity contribution in [2.45, 2.75) is 52.5 Å². The van der Waals surface area contributed by atoms with Crippen LogP contribution in [0.5, 0.6) is 11.5 Å². The van der Waals surface area contributed by atoms with Crippen molar-refractivity contribution in [1.29, 1.82) is 0 Å². The van der Waals surface area contributed by atoms with E-state index in [1.165, 1.54) is 36.2 Å². The van der Waals surface area contributed by atoms with Gasteiger partial charge in [-0.3, -0.25) is 4.79 Å². The summed E-state index contributed by atoms with van der Waals surface area (Å²) in [5.74, 6) is 1.18. The van der Waals surface area contributed by atoms with Crippen molar-refractivity contribution in [3.05, 3.63) is 51.6 Å². The zero-order valence-corrected chi connectivity index (χ0v) is 18.3. The average molecular weight is 481 g/mol. The third-order valence-electron chi connectivity index (χ3n) is 4.13. The molecule has 0 atom stereocenters. The smallest absolute Gasteiger partial charge is 0.308 e. The van der Waals surface area contributed by atoms with Crippen LogP contribution in [-0.2, 0) is 11.3 Å². The molecule has 0 saturated heterocycles. The fourth-order valence-corrected chi connectivity index (χ4v) is 3.16. The Morgan fingerprint density at radius 2 is 1.78 bits per heavy atom. The van der Waals surface area contributed by atoms with Gasteiger partial charge in [-0.1, -0.05) is 38.7 Å². The highest BCUT2D eigenvalue weighted by Crippen LogP contribution is 2.24. The molecule has 0 spiro atoms. The monoisotopic (exact) mass is 481 g/mol. The number of nitrogens with one attached hydrogen (secondary N) is 1. The van der Waals surface area contributed by atoms with Crippen LogP contribution in [0.3, 0.4) is 0 Å². The summed E-state index contributed by atoms with van der Waals surface area (Å²) in [7, 11) is 0. The number of ether oxygens (including phenoxy) is 2. The molecule has 0 heterocycles. The minimum Gasteiger partial charge on any atom is -0.493 e. The predicted octanol–water partition coefficient (Wildman–Crippen LogP) is 6.18. The Kier molecular flexibility index (Phi) is 9.45. The van der Waals surface area contributed by atoms with E-state index in [2.05, 4.69) is 53.0 Å². The number of unbranched alkanes of at least 4 members (excludes halogenated alkanes) is 4. The van der Waals surface area contributed by atoms with E-state index in [0.717, 1.165) is 30.0 Å². The highest BCUT2D eigenvalue weighted by atomic mass is 127. The van der Waals surface area contributed by atoms with Gasteiger partial charge in [0.1, 0.15) is 11.5 Å². The highest BCUT2D eigenvalue weighted by molar-refractivity contribution is 14.1. The molecule has 0 fully saturated rings. The van der Waals surface area contributed by atoms with Gasteiger partial charge in [0.2, 0.25) is 0 Å². The van der Waals surface area contributed by atoms with Crippen LogP contribution in [0.4, 0.5) is 5.69 Å². The van der Waals surface area contributed by atoms with Gasteiger partial charge >= 0.3 is 5.97 Å². The van der Waals surface area contributed by atoms with Gasteiger partial charge in [-0.2, -0.15) is 0 Å². The van der Waals surface area contributed by atoms with Crippen molar-refractivity contribution in [2.75, 3.05) is 11.9 Å². The van der Waals surface area contributed by atoms with E-state index in [-0.39, 0.29) is 5.97 Å². The van der Waals surface area contributed by atoms with Crippen molar-refractivity contribution >= 4 is 34.2 Å². The maximum absolute atomic E-state index is 11.0. The maximum atomic E-state index is 11.0. The lowest BCUT2D eigenvalue weighted by Gasteiger charge is -2.14. The number of hydrogen-bond acceptors (Lipinski definition) is 4. The fourth-order valence-electron chi connectivity index (χ4n) is 2.70. The Hall–Kier alpha value is -1.76. The molecule has 146 valence electrons. The summed E-state index contributed by atoms with van der Waals surface area (Å²) in [5.41, 5.74) is 2.10. The van der Waals surface area contributed by atoms with Gasteiger partial charge in [0, 0.05) is 28.3 Å². The molecule has 0 aliphatic carbocycles. The summed E-state index contributed by atoms with van der Waals surface area (Å²) < 4.78 is 12.3. The Bertz CT molecular complexity index is 716. The molecule has 0 bridgehead atoms. The molecule has 0 aliphatic rings. The first-order valence-electron chi connectivity index (χ1n) is 9.52. The zero-order chi connectivity index (χ0) is 19.5. The number of anilines is 1. The molecule has 0 unspecified atom stereocenters. The Labute approximate surface area is 175 Å². The fraction of sp³-hybridized carbons (Fsp3) is 0.409. The number of carbonyl (C=O) groups is 1. The van der Waals surface area contributed by atoms with Crippen LogP contribution in [0.1, 0.15) is 51.5 Å². The van der Waals surface area contributed by atoms with Gasteiger partial charge < -0.3 is 14.8 Å². The maximum Gasteiger partial charge on any atom is 0.308 e. The van der Waals surface area contributed by atoms with Crippen LogP contribution in [0, 0.1) is 3.57 Å². The van der Waals surface area contributed by atoms with Crippen LogP contribution in [-0.4, -0.2) is 12.6 Å². The van der Waals surface area contributed by atoms with Crippen LogP contribution < -0.4 is 14.8 Å². The topological polar surface area (TPSA) is 47.6 Å². The van der Waals surface area contributed by atoms with Gasteiger partial charge in [0.15, 0.2) is 0 Å². The molecular formula is C22H28INO3. The summed E-state index contributed by atoms with van der Waals surface area (Å²) in [4.78, 5) is 11.0. The molecule has 2 aromatic carbocycles. The van der Waals surface area contributed by atoms with Crippen LogP contribution in [0.2, 0.25) is 0 Å². The van der Waals surface area contributed by atoms with Crippen molar-refractivity contribution in [3.63, 3.8) is 0 Å². The lowest BCUT2D eigenvalue weighted by Crippen LogP contribution is -2.05. The lowest BCUT2D eigenvalue weighted by atomic mass is 10.1. The highest BCUT2D eigenvalue weighted by Gasteiger charge is 2.06.